The van der Waals surface area contributed by atoms with Crippen LogP contribution in [0.25, 0.3) is 0 Å². The van der Waals surface area contributed by atoms with E-state index in [0.717, 1.165) is 29.9 Å². The summed E-state index contributed by atoms with van der Waals surface area (Å²) in [7, 11) is 0. The summed E-state index contributed by atoms with van der Waals surface area (Å²) in [4.78, 5) is 17.7. The van der Waals surface area contributed by atoms with Gasteiger partial charge in [-0.15, -0.1) is 11.6 Å². The summed E-state index contributed by atoms with van der Waals surface area (Å²) in [5.41, 5.74) is 8.34. The fraction of sp³-hybridized carbons (Fsp3) is 0.385. The molecule has 1 heterocycles. The van der Waals surface area contributed by atoms with Crippen LogP contribution in [-0.4, -0.2) is 24.2 Å². The molecule has 0 atom stereocenters. The summed E-state index contributed by atoms with van der Waals surface area (Å²) >= 11 is 5.59. The number of aliphatic imine (C=N–C) groups is 1. The van der Waals surface area contributed by atoms with Crippen molar-refractivity contribution in [1.82, 2.24) is 0 Å². The molecular weight excluding hydrogens is 250 g/mol. The van der Waals surface area contributed by atoms with Crippen LogP contribution in [0.4, 0.5) is 11.4 Å². The van der Waals surface area contributed by atoms with Crippen LogP contribution in [0.1, 0.15) is 18.4 Å². The number of carbonyl (C=O) groups is 1. The normalized spacial score (nSPS) is 16.4. The maximum atomic E-state index is 11.7. The van der Waals surface area contributed by atoms with Crippen molar-refractivity contribution in [2.45, 2.75) is 19.8 Å². The van der Waals surface area contributed by atoms with Gasteiger partial charge in [0, 0.05) is 18.7 Å². The molecule has 4 nitrogen and oxygen atoms in total. The molecule has 1 aromatic rings. The van der Waals surface area contributed by atoms with Crippen molar-refractivity contribution in [1.29, 1.82) is 0 Å². The first-order chi connectivity index (χ1) is 8.61. The molecule has 0 aliphatic carbocycles. The second kappa shape index (κ2) is 5.40. The molecule has 1 fully saturated rings. The van der Waals surface area contributed by atoms with Gasteiger partial charge in [0.1, 0.15) is 5.84 Å². The number of nitrogens with zero attached hydrogens (tertiary/aromatic N) is 2. The minimum absolute atomic E-state index is 0.189. The second-order valence-corrected chi connectivity index (χ2v) is 4.62. The number of halogens is 1. The molecule has 1 amide bonds. The van der Waals surface area contributed by atoms with E-state index < -0.39 is 0 Å². The monoisotopic (exact) mass is 265 g/mol. The standard InChI is InChI=1S/C13H16ClN3O/c1-9-7-10(16-12(15)8-14)4-5-11(9)17-6-2-3-13(17)18/h4-5,7H,2-3,6,8H2,1H3,(H2,15,16). The average Bonchev–Trinajstić information content (AvgIpc) is 2.75. The molecule has 0 aromatic heterocycles. The van der Waals surface area contributed by atoms with Crippen molar-refractivity contribution in [3.05, 3.63) is 23.8 Å². The predicted octanol–water partition coefficient (Wildman–Crippen LogP) is 2.35. The molecule has 0 radical (unpaired) electrons. The highest BCUT2D eigenvalue weighted by atomic mass is 35.5. The van der Waals surface area contributed by atoms with Crippen LogP contribution in [0.2, 0.25) is 0 Å². The summed E-state index contributed by atoms with van der Waals surface area (Å²) in [5, 5.41) is 0. The molecule has 0 bridgehead atoms. The van der Waals surface area contributed by atoms with Crippen LogP contribution in [0.15, 0.2) is 23.2 Å². The van der Waals surface area contributed by atoms with Crippen LogP contribution < -0.4 is 10.6 Å². The summed E-state index contributed by atoms with van der Waals surface area (Å²) in [6, 6.07) is 5.69. The summed E-state index contributed by atoms with van der Waals surface area (Å²) < 4.78 is 0. The molecule has 5 heteroatoms. The Morgan fingerprint density at radius 1 is 1.56 bits per heavy atom. The van der Waals surface area contributed by atoms with Crippen molar-refractivity contribution in [2.75, 3.05) is 17.3 Å². The van der Waals surface area contributed by atoms with Crippen LogP contribution >= 0.6 is 11.6 Å². The third-order valence-corrected chi connectivity index (χ3v) is 3.23. The number of nitrogens with two attached hydrogens (primary N) is 1. The van der Waals surface area contributed by atoms with Gasteiger partial charge in [-0.2, -0.15) is 0 Å². The molecule has 1 aromatic carbocycles. The highest BCUT2D eigenvalue weighted by Crippen LogP contribution is 2.28. The Balaban J connectivity index is 2.28. The van der Waals surface area contributed by atoms with Gasteiger partial charge in [0.2, 0.25) is 5.91 Å². The number of rotatable bonds is 3. The van der Waals surface area contributed by atoms with Crippen LogP contribution in [0.3, 0.4) is 0 Å². The number of benzene rings is 1. The van der Waals surface area contributed by atoms with Crippen molar-refractivity contribution in [3.63, 3.8) is 0 Å². The third-order valence-electron chi connectivity index (χ3n) is 2.95. The topological polar surface area (TPSA) is 58.7 Å². The van der Waals surface area contributed by atoms with E-state index >= 15 is 0 Å². The second-order valence-electron chi connectivity index (χ2n) is 4.36. The first kappa shape index (κ1) is 12.9. The Kier molecular flexibility index (Phi) is 3.87. The van der Waals surface area contributed by atoms with E-state index in [9.17, 15) is 4.79 Å². The molecule has 18 heavy (non-hydrogen) atoms. The van der Waals surface area contributed by atoms with Gasteiger partial charge in [-0.1, -0.05) is 0 Å². The van der Waals surface area contributed by atoms with Crippen molar-refractivity contribution >= 4 is 34.7 Å². The van der Waals surface area contributed by atoms with Gasteiger partial charge in [0.05, 0.1) is 11.6 Å². The largest absolute Gasteiger partial charge is 0.386 e. The Hall–Kier alpha value is -1.55. The quantitative estimate of drug-likeness (QED) is 0.518. The molecule has 2 N–H and O–H groups in total. The molecule has 2 rings (SSSR count). The lowest BCUT2D eigenvalue weighted by Crippen LogP contribution is -2.24. The lowest BCUT2D eigenvalue weighted by molar-refractivity contribution is -0.117. The van der Waals surface area contributed by atoms with Gasteiger partial charge in [-0.3, -0.25) is 4.79 Å². The molecule has 1 aliphatic rings. The summed E-state index contributed by atoms with van der Waals surface area (Å²) in [6.07, 6.45) is 1.57. The van der Waals surface area contributed by atoms with Crippen molar-refractivity contribution < 1.29 is 4.79 Å². The summed E-state index contributed by atoms with van der Waals surface area (Å²) in [5.74, 6) is 0.793. The van der Waals surface area contributed by atoms with E-state index in [0.29, 0.717) is 12.3 Å². The van der Waals surface area contributed by atoms with E-state index in [-0.39, 0.29) is 11.8 Å². The zero-order valence-electron chi connectivity index (χ0n) is 10.3. The number of amides is 1. The van der Waals surface area contributed by atoms with E-state index in [1.165, 1.54) is 0 Å². The minimum Gasteiger partial charge on any atom is -0.386 e. The lowest BCUT2D eigenvalue weighted by atomic mass is 10.1. The van der Waals surface area contributed by atoms with E-state index in [4.69, 9.17) is 17.3 Å². The zero-order chi connectivity index (χ0) is 13.1. The van der Waals surface area contributed by atoms with Gasteiger partial charge in [0.15, 0.2) is 0 Å². The third kappa shape index (κ3) is 2.64. The van der Waals surface area contributed by atoms with Crippen LogP contribution in [0, 0.1) is 6.92 Å². The molecular formula is C13H16ClN3O. The number of amidine groups is 1. The Bertz CT molecular complexity index is 499. The first-order valence-corrected chi connectivity index (χ1v) is 6.45. The number of anilines is 1. The lowest BCUT2D eigenvalue weighted by Gasteiger charge is -2.18. The van der Waals surface area contributed by atoms with Crippen molar-refractivity contribution in [3.8, 4) is 0 Å². The van der Waals surface area contributed by atoms with Gasteiger partial charge in [-0.05, 0) is 37.1 Å². The first-order valence-electron chi connectivity index (χ1n) is 5.92. The van der Waals surface area contributed by atoms with Gasteiger partial charge in [-0.25, -0.2) is 4.99 Å². The fourth-order valence-electron chi connectivity index (χ4n) is 2.11. The predicted molar refractivity (Wildman–Crippen MR) is 74.8 cm³/mol. The zero-order valence-corrected chi connectivity index (χ0v) is 11.1. The highest BCUT2D eigenvalue weighted by molar-refractivity contribution is 6.28. The molecule has 1 saturated heterocycles. The Labute approximate surface area is 111 Å². The number of carbonyl (C=O) groups excluding carboxylic acids is 1. The summed E-state index contributed by atoms with van der Waals surface area (Å²) in [6.45, 7) is 2.77. The maximum absolute atomic E-state index is 11.7. The van der Waals surface area contributed by atoms with Crippen LogP contribution in [-0.2, 0) is 4.79 Å². The minimum atomic E-state index is 0.189. The van der Waals surface area contributed by atoms with Gasteiger partial charge >= 0.3 is 0 Å². The SMILES string of the molecule is Cc1cc(N=C(N)CCl)ccc1N1CCCC1=O. The number of hydrogen-bond acceptors (Lipinski definition) is 2. The average molecular weight is 266 g/mol. The smallest absolute Gasteiger partial charge is 0.227 e. The van der Waals surface area contributed by atoms with Crippen molar-refractivity contribution in [2.24, 2.45) is 10.7 Å². The van der Waals surface area contributed by atoms with Gasteiger partial charge in [0.25, 0.3) is 0 Å². The Morgan fingerprint density at radius 3 is 2.89 bits per heavy atom. The Morgan fingerprint density at radius 2 is 2.33 bits per heavy atom. The number of aryl methyl sites for hydroxylation is 1. The number of hydrogen-bond donors (Lipinski definition) is 1. The number of alkyl halides is 1. The molecule has 1 aliphatic heterocycles. The van der Waals surface area contributed by atoms with Crippen LogP contribution in [0.5, 0.6) is 0 Å². The fourth-order valence-corrected chi connectivity index (χ4v) is 2.17. The molecule has 0 saturated carbocycles. The molecule has 96 valence electrons. The molecule has 0 spiro atoms. The highest BCUT2D eigenvalue weighted by Gasteiger charge is 2.22. The van der Waals surface area contributed by atoms with E-state index in [2.05, 4.69) is 4.99 Å². The van der Waals surface area contributed by atoms with E-state index in [1.807, 2.05) is 30.0 Å². The maximum Gasteiger partial charge on any atom is 0.227 e. The molecule has 0 unspecified atom stereocenters. The van der Waals surface area contributed by atoms with E-state index in [1.54, 1.807) is 0 Å². The van der Waals surface area contributed by atoms with Gasteiger partial charge < -0.3 is 10.6 Å².